The molecule has 0 aromatic heterocycles. The second-order valence-corrected chi connectivity index (χ2v) is 4.33. The number of rotatable bonds is 2. The molecule has 0 amide bonds. The maximum absolute atomic E-state index is 11.4. The largest absolute Gasteiger partial charge is 0.468 e. The van der Waals surface area contributed by atoms with Gasteiger partial charge in [0, 0.05) is 6.54 Å². The van der Waals surface area contributed by atoms with Gasteiger partial charge in [-0.3, -0.25) is 4.79 Å². The van der Waals surface area contributed by atoms with E-state index < -0.39 is 0 Å². The van der Waals surface area contributed by atoms with Crippen LogP contribution in [0.3, 0.4) is 0 Å². The number of benzene rings is 1. The summed E-state index contributed by atoms with van der Waals surface area (Å²) in [5.41, 5.74) is 2.57. The zero-order valence-corrected chi connectivity index (χ0v) is 9.69. The fourth-order valence-electron chi connectivity index (χ4n) is 2.24. The summed E-state index contributed by atoms with van der Waals surface area (Å²) in [6.45, 7) is 2.94. The van der Waals surface area contributed by atoms with Crippen molar-refractivity contribution in [1.82, 2.24) is 5.32 Å². The van der Waals surface area contributed by atoms with Gasteiger partial charge in [0.1, 0.15) is 6.04 Å². The summed E-state index contributed by atoms with van der Waals surface area (Å²) in [5, 5.41) is 3.20. The predicted octanol–water partition coefficient (Wildman–Crippen LogP) is 1.61. The number of hydrogen-bond acceptors (Lipinski definition) is 3. The van der Waals surface area contributed by atoms with Crippen molar-refractivity contribution in [2.24, 2.45) is 0 Å². The van der Waals surface area contributed by atoms with E-state index in [2.05, 4.69) is 36.5 Å². The van der Waals surface area contributed by atoms with Gasteiger partial charge in [0.25, 0.3) is 0 Å². The van der Waals surface area contributed by atoms with Crippen LogP contribution in [0.25, 0.3) is 0 Å². The molecule has 3 nitrogen and oxygen atoms in total. The average Bonchev–Trinajstić information content (AvgIpc) is 2.77. The first-order valence-corrected chi connectivity index (χ1v) is 5.58. The molecule has 0 radical (unpaired) electrons. The summed E-state index contributed by atoms with van der Waals surface area (Å²) in [6.07, 6.45) is 0.829. The molecule has 0 bridgehead atoms. The lowest BCUT2D eigenvalue weighted by molar-refractivity contribution is -0.142. The Balaban J connectivity index is 2.06. The molecule has 1 aromatic rings. The van der Waals surface area contributed by atoms with E-state index in [-0.39, 0.29) is 12.0 Å². The van der Waals surface area contributed by atoms with Crippen molar-refractivity contribution in [2.75, 3.05) is 13.7 Å². The van der Waals surface area contributed by atoms with E-state index in [1.807, 2.05) is 0 Å². The molecule has 2 rings (SSSR count). The molecule has 1 aromatic carbocycles. The molecule has 1 N–H and O–H groups in total. The molecule has 0 spiro atoms. The molecule has 1 saturated heterocycles. The van der Waals surface area contributed by atoms with Crippen molar-refractivity contribution in [2.45, 2.75) is 25.3 Å². The minimum absolute atomic E-state index is 0.143. The van der Waals surface area contributed by atoms with Gasteiger partial charge in [-0.15, -0.1) is 0 Å². The molecule has 16 heavy (non-hydrogen) atoms. The van der Waals surface area contributed by atoms with Crippen LogP contribution >= 0.6 is 0 Å². The molecule has 1 aliphatic heterocycles. The first-order chi connectivity index (χ1) is 7.70. The van der Waals surface area contributed by atoms with Crippen LogP contribution in [-0.2, 0) is 9.53 Å². The standard InChI is InChI=1S/C13H17NO2/c1-9-4-3-5-10(6-9)11-7-12(14-8-11)13(15)16-2/h3-6,11-12,14H,7-8H2,1-2H3. The third-order valence-electron chi connectivity index (χ3n) is 3.13. The second-order valence-electron chi connectivity index (χ2n) is 4.33. The molecule has 1 fully saturated rings. The van der Waals surface area contributed by atoms with Gasteiger partial charge >= 0.3 is 5.97 Å². The SMILES string of the molecule is COC(=O)C1CC(c2cccc(C)c2)CN1. The van der Waals surface area contributed by atoms with Gasteiger partial charge in [0.2, 0.25) is 0 Å². The molecule has 0 saturated carbocycles. The van der Waals surface area contributed by atoms with Crippen LogP contribution in [0.5, 0.6) is 0 Å². The van der Waals surface area contributed by atoms with E-state index in [4.69, 9.17) is 4.74 Å². The number of nitrogens with one attached hydrogen (secondary N) is 1. The molecular formula is C13H17NO2. The summed E-state index contributed by atoms with van der Waals surface area (Å²) in [6, 6.07) is 8.32. The maximum atomic E-state index is 11.4. The zero-order chi connectivity index (χ0) is 11.5. The van der Waals surface area contributed by atoms with Crippen LogP contribution in [0.4, 0.5) is 0 Å². The summed E-state index contributed by atoms with van der Waals surface area (Å²) in [7, 11) is 1.43. The molecule has 86 valence electrons. The topological polar surface area (TPSA) is 38.3 Å². The number of esters is 1. The van der Waals surface area contributed by atoms with Crippen LogP contribution in [0.1, 0.15) is 23.5 Å². The van der Waals surface area contributed by atoms with Crippen LogP contribution in [0.15, 0.2) is 24.3 Å². The van der Waals surface area contributed by atoms with Crippen LogP contribution in [0.2, 0.25) is 0 Å². The lowest BCUT2D eigenvalue weighted by Gasteiger charge is -2.10. The second kappa shape index (κ2) is 4.66. The van der Waals surface area contributed by atoms with Gasteiger partial charge in [-0.25, -0.2) is 0 Å². The molecule has 2 atom stereocenters. The van der Waals surface area contributed by atoms with Crippen molar-refractivity contribution < 1.29 is 9.53 Å². The fourth-order valence-corrected chi connectivity index (χ4v) is 2.24. The molecule has 3 heteroatoms. The highest BCUT2D eigenvalue weighted by atomic mass is 16.5. The summed E-state index contributed by atoms with van der Waals surface area (Å²) < 4.78 is 4.74. The van der Waals surface area contributed by atoms with Gasteiger partial charge in [-0.05, 0) is 24.8 Å². The van der Waals surface area contributed by atoms with Crippen LogP contribution in [-0.4, -0.2) is 25.7 Å². The monoisotopic (exact) mass is 219 g/mol. The van der Waals surface area contributed by atoms with Crippen molar-refractivity contribution >= 4 is 5.97 Å². The minimum Gasteiger partial charge on any atom is -0.468 e. The molecule has 0 aliphatic carbocycles. The Kier molecular flexibility index (Phi) is 3.25. The average molecular weight is 219 g/mol. The predicted molar refractivity (Wildman–Crippen MR) is 62.3 cm³/mol. The lowest BCUT2D eigenvalue weighted by Crippen LogP contribution is -2.31. The van der Waals surface area contributed by atoms with Crippen molar-refractivity contribution in [1.29, 1.82) is 0 Å². The van der Waals surface area contributed by atoms with E-state index in [1.54, 1.807) is 0 Å². The number of carbonyl (C=O) groups is 1. The van der Waals surface area contributed by atoms with Crippen molar-refractivity contribution in [3.05, 3.63) is 35.4 Å². The van der Waals surface area contributed by atoms with Crippen molar-refractivity contribution in [3.63, 3.8) is 0 Å². The Labute approximate surface area is 95.8 Å². The van der Waals surface area contributed by atoms with Crippen molar-refractivity contribution in [3.8, 4) is 0 Å². The summed E-state index contributed by atoms with van der Waals surface area (Å²) in [4.78, 5) is 11.4. The Bertz CT molecular complexity index is 389. The van der Waals surface area contributed by atoms with Gasteiger partial charge in [-0.2, -0.15) is 0 Å². The number of aryl methyl sites for hydroxylation is 1. The third kappa shape index (κ3) is 2.25. The third-order valence-corrected chi connectivity index (χ3v) is 3.13. The highest BCUT2D eigenvalue weighted by Crippen LogP contribution is 2.26. The summed E-state index contributed by atoms with van der Waals surface area (Å²) >= 11 is 0. The highest BCUT2D eigenvalue weighted by Gasteiger charge is 2.30. The summed E-state index contributed by atoms with van der Waals surface area (Å²) in [5.74, 6) is 0.263. The van der Waals surface area contributed by atoms with E-state index >= 15 is 0 Å². The number of methoxy groups -OCH3 is 1. The van der Waals surface area contributed by atoms with Crippen LogP contribution in [0, 0.1) is 6.92 Å². The number of ether oxygens (including phenoxy) is 1. The van der Waals surface area contributed by atoms with Gasteiger partial charge in [0.05, 0.1) is 7.11 Å². The fraction of sp³-hybridized carbons (Fsp3) is 0.462. The van der Waals surface area contributed by atoms with E-state index in [9.17, 15) is 4.79 Å². The number of hydrogen-bond donors (Lipinski definition) is 1. The Hall–Kier alpha value is -1.35. The molecule has 1 heterocycles. The Morgan fingerprint density at radius 2 is 2.31 bits per heavy atom. The minimum atomic E-state index is -0.157. The van der Waals surface area contributed by atoms with E-state index in [1.165, 1.54) is 18.2 Å². The van der Waals surface area contributed by atoms with Gasteiger partial charge in [0.15, 0.2) is 0 Å². The molecule has 2 unspecified atom stereocenters. The molecule has 1 aliphatic rings. The quantitative estimate of drug-likeness (QED) is 0.768. The smallest absolute Gasteiger partial charge is 0.322 e. The highest BCUT2D eigenvalue weighted by molar-refractivity contribution is 5.76. The zero-order valence-electron chi connectivity index (χ0n) is 9.69. The number of carbonyl (C=O) groups excluding carboxylic acids is 1. The van der Waals surface area contributed by atoms with Gasteiger partial charge < -0.3 is 10.1 Å². The molecular weight excluding hydrogens is 202 g/mol. The lowest BCUT2D eigenvalue weighted by atomic mass is 9.95. The maximum Gasteiger partial charge on any atom is 0.322 e. The Morgan fingerprint density at radius 3 is 3.00 bits per heavy atom. The van der Waals surface area contributed by atoms with Gasteiger partial charge in [-0.1, -0.05) is 29.8 Å². The first-order valence-electron chi connectivity index (χ1n) is 5.58. The Morgan fingerprint density at radius 1 is 1.50 bits per heavy atom. The van der Waals surface area contributed by atoms with E-state index in [0.717, 1.165) is 13.0 Å². The van der Waals surface area contributed by atoms with E-state index in [0.29, 0.717) is 5.92 Å². The van der Waals surface area contributed by atoms with Crippen LogP contribution < -0.4 is 5.32 Å². The first kappa shape index (κ1) is 11.1. The normalized spacial score (nSPS) is 24.4.